The van der Waals surface area contributed by atoms with Gasteiger partial charge in [0.25, 0.3) is 0 Å². The van der Waals surface area contributed by atoms with E-state index in [0.29, 0.717) is 5.69 Å². The highest BCUT2D eigenvalue weighted by Gasteiger charge is 1.89. The fourth-order valence-corrected chi connectivity index (χ4v) is 0.839. The molecule has 10 heavy (non-hydrogen) atoms. The first kappa shape index (κ1) is 6.86. The zero-order valence-electron chi connectivity index (χ0n) is 5.15. The third kappa shape index (κ3) is 1.37. The Labute approximate surface area is 61.7 Å². The maximum atomic E-state index is 8.08. The summed E-state index contributed by atoms with van der Waals surface area (Å²) in [4.78, 5) is 2.66. The van der Waals surface area contributed by atoms with Crippen LogP contribution in [-0.2, 0) is 0 Å². The van der Waals surface area contributed by atoms with Gasteiger partial charge in [0.1, 0.15) is 0 Å². The molecule has 0 aliphatic rings. The Hall–Kier alpha value is -1.25. The van der Waals surface area contributed by atoms with Gasteiger partial charge in [0.05, 0.1) is 10.2 Å². The molecule has 0 aliphatic heterocycles. The van der Waals surface area contributed by atoms with Crippen molar-refractivity contribution >= 4 is 21.1 Å². The molecular formula is C6H4N3Si. The first-order chi connectivity index (χ1) is 4.84. The number of nitrogens with zero attached hydrogens (tertiary/aromatic N) is 3. The van der Waals surface area contributed by atoms with Crippen LogP contribution in [0, 0.1) is 0 Å². The Morgan fingerprint density at radius 2 is 2.10 bits per heavy atom. The predicted molar refractivity (Wildman–Crippen MR) is 40.6 cm³/mol. The molecule has 4 heteroatoms. The fraction of sp³-hybridized carbons (Fsp3) is 0. The quantitative estimate of drug-likeness (QED) is 0.249. The van der Waals surface area contributed by atoms with E-state index in [-0.39, 0.29) is 0 Å². The predicted octanol–water partition coefficient (Wildman–Crippen LogP) is 1.42. The average Bonchev–Trinajstić information content (AvgIpc) is 1.94. The van der Waals surface area contributed by atoms with Gasteiger partial charge in [0.15, 0.2) is 0 Å². The average molecular weight is 146 g/mol. The standard InChI is InChI=1S/C6H4N3Si/c7-9-8-5-3-1-2-4-6(5)10/h1-4H. The van der Waals surface area contributed by atoms with Gasteiger partial charge in [-0.25, -0.2) is 0 Å². The molecule has 0 amide bonds. The van der Waals surface area contributed by atoms with Gasteiger partial charge < -0.3 is 0 Å². The molecule has 3 radical (unpaired) electrons. The first-order valence-electron chi connectivity index (χ1n) is 2.70. The van der Waals surface area contributed by atoms with Crippen molar-refractivity contribution in [1.82, 2.24) is 0 Å². The molecule has 0 saturated carbocycles. The van der Waals surface area contributed by atoms with Crippen LogP contribution >= 0.6 is 0 Å². The van der Waals surface area contributed by atoms with E-state index in [1.807, 2.05) is 18.2 Å². The van der Waals surface area contributed by atoms with Crippen LogP contribution in [0.2, 0.25) is 0 Å². The Morgan fingerprint density at radius 1 is 1.40 bits per heavy atom. The van der Waals surface area contributed by atoms with Gasteiger partial charge in [-0.2, -0.15) is 0 Å². The molecule has 3 nitrogen and oxygen atoms in total. The molecule has 0 bridgehead atoms. The van der Waals surface area contributed by atoms with Crippen molar-refractivity contribution in [2.45, 2.75) is 0 Å². The van der Waals surface area contributed by atoms with Crippen LogP contribution in [-0.4, -0.2) is 10.2 Å². The third-order valence-corrected chi connectivity index (χ3v) is 1.48. The van der Waals surface area contributed by atoms with Gasteiger partial charge in [-0.15, -0.1) is 0 Å². The van der Waals surface area contributed by atoms with Crippen molar-refractivity contribution < 1.29 is 0 Å². The summed E-state index contributed by atoms with van der Waals surface area (Å²) in [6.45, 7) is 0. The number of benzene rings is 1. The van der Waals surface area contributed by atoms with E-state index in [0.717, 1.165) is 5.19 Å². The summed E-state index contributed by atoms with van der Waals surface area (Å²) in [5.74, 6) is 0. The molecule has 0 aromatic heterocycles. The topological polar surface area (TPSA) is 48.8 Å². The molecular weight excluding hydrogens is 142 g/mol. The number of hydrogen-bond donors (Lipinski definition) is 0. The SMILES string of the molecule is [N-]=[N+]=Nc1ccccc1[Si]. The molecule has 1 aromatic rings. The Morgan fingerprint density at radius 3 is 2.70 bits per heavy atom. The first-order valence-corrected chi connectivity index (χ1v) is 3.20. The van der Waals surface area contributed by atoms with Crippen molar-refractivity contribution in [3.05, 3.63) is 34.7 Å². The molecule has 0 spiro atoms. The summed E-state index contributed by atoms with van der Waals surface area (Å²) in [7, 11) is 3.28. The molecule has 0 heterocycles. The summed E-state index contributed by atoms with van der Waals surface area (Å²) in [5, 5.41) is 4.24. The van der Waals surface area contributed by atoms with Crippen molar-refractivity contribution in [3.8, 4) is 0 Å². The lowest BCUT2D eigenvalue weighted by Crippen LogP contribution is -1.99. The van der Waals surface area contributed by atoms with E-state index in [4.69, 9.17) is 5.53 Å². The normalized spacial score (nSPS) is 8.50. The van der Waals surface area contributed by atoms with E-state index in [1.165, 1.54) is 0 Å². The van der Waals surface area contributed by atoms with E-state index in [1.54, 1.807) is 6.07 Å². The summed E-state index contributed by atoms with van der Waals surface area (Å²) >= 11 is 0. The molecule has 1 aromatic carbocycles. The van der Waals surface area contributed by atoms with Gasteiger partial charge in [0, 0.05) is 10.6 Å². The maximum Gasteiger partial charge on any atom is 0.0718 e. The lowest BCUT2D eigenvalue weighted by molar-refractivity contribution is 1.51. The van der Waals surface area contributed by atoms with Gasteiger partial charge in [-0.1, -0.05) is 34.6 Å². The van der Waals surface area contributed by atoms with Gasteiger partial charge in [0.2, 0.25) is 0 Å². The van der Waals surface area contributed by atoms with Crippen molar-refractivity contribution in [2.75, 3.05) is 0 Å². The van der Waals surface area contributed by atoms with Crippen LogP contribution in [0.4, 0.5) is 5.69 Å². The summed E-state index contributed by atoms with van der Waals surface area (Å²) in [6.07, 6.45) is 0. The van der Waals surface area contributed by atoms with Gasteiger partial charge in [-0.05, 0) is 5.53 Å². The minimum absolute atomic E-state index is 0.613. The van der Waals surface area contributed by atoms with E-state index < -0.39 is 0 Å². The largest absolute Gasteiger partial charge is 0.0718 e. The smallest absolute Gasteiger partial charge is 0.0634 e. The minimum Gasteiger partial charge on any atom is -0.0634 e. The van der Waals surface area contributed by atoms with E-state index in [9.17, 15) is 0 Å². The van der Waals surface area contributed by atoms with Crippen LogP contribution in [0.3, 0.4) is 0 Å². The lowest BCUT2D eigenvalue weighted by atomic mass is 10.3. The van der Waals surface area contributed by atoms with Crippen LogP contribution in [0.5, 0.6) is 0 Å². The second kappa shape index (κ2) is 3.05. The van der Waals surface area contributed by atoms with Gasteiger partial charge in [-0.3, -0.25) is 0 Å². The molecule has 0 N–H and O–H groups in total. The molecule has 0 aliphatic carbocycles. The van der Waals surface area contributed by atoms with Crippen molar-refractivity contribution in [3.63, 3.8) is 0 Å². The Balaban J connectivity index is 3.14. The zero-order valence-corrected chi connectivity index (χ0v) is 6.15. The molecule has 0 atom stereocenters. The Bertz CT molecular complexity index is 278. The second-order valence-electron chi connectivity index (χ2n) is 1.71. The van der Waals surface area contributed by atoms with E-state index in [2.05, 4.69) is 20.3 Å². The summed E-state index contributed by atoms with van der Waals surface area (Å²) < 4.78 is 0. The summed E-state index contributed by atoms with van der Waals surface area (Å²) in [6, 6.07) is 7.23. The highest BCUT2D eigenvalue weighted by molar-refractivity contribution is 6.35. The van der Waals surface area contributed by atoms with E-state index >= 15 is 0 Å². The lowest BCUT2D eigenvalue weighted by Gasteiger charge is -1.93. The van der Waals surface area contributed by atoms with Gasteiger partial charge >= 0.3 is 0 Å². The molecule has 0 saturated heterocycles. The van der Waals surface area contributed by atoms with Crippen LogP contribution in [0.15, 0.2) is 29.4 Å². The molecule has 0 unspecified atom stereocenters. The monoisotopic (exact) mass is 146 g/mol. The molecule has 0 fully saturated rings. The second-order valence-corrected chi connectivity index (χ2v) is 2.25. The highest BCUT2D eigenvalue weighted by Crippen LogP contribution is 2.05. The van der Waals surface area contributed by atoms with Crippen LogP contribution < -0.4 is 5.19 Å². The fourth-order valence-electron chi connectivity index (χ4n) is 0.609. The van der Waals surface area contributed by atoms with Crippen molar-refractivity contribution in [2.24, 2.45) is 5.11 Å². The Kier molecular flexibility index (Phi) is 2.09. The number of azide groups is 1. The zero-order chi connectivity index (χ0) is 7.40. The molecule has 1 rings (SSSR count). The van der Waals surface area contributed by atoms with Crippen molar-refractivity contribution in [1.29, 1.82) is 0 Å². The highest BCUT2D eigenvalue weighted by atomic mass is 28.1. The van der Waals surface area contributed by atoms with Crippen LogP contribution in [0.1, 0.15) is 0 Å². The maximum absolute atomic E-state index is 8.08. The number of hydrogen-bond acceptors (Lipinski definition) is 1. The van der Waals surface area contributed by atoms with Crippen LogP contribution in [0.25, 0.3) is 10.4 Å². The minimum atomic E-state index is 0.613. The third-order valence-electron chi connectivity index (χ3n) is 1.06. The molecule has 47 valence electrons. The summed E-state index contributed by atoms with van der Waals surface area (Å²) in [5.41, 5.74) is 8.69. The number of rotatable bonds is 1.